The molecule has 2 fully saturated rings. The Bertz CT molecular complexity index is 418. The molecule has 1 amide bonds. The average molecular weight is 295 g/mol. The van der Waals surface area contributed by atoms with E-state index >= 15 is 0 Å². The minimum absolute atomic E-state index is 0.0415. The zero-order chi connectivity index (χ0) is 13.3. The summed E-state index contributed by atoms with van der Waals surface area (Å²) in [6.45, 7) is 5.37. The molecule has 2 heterocycles. The first-order chi connectivity index (χ1) is 8.41. The molecule has 18 heavy (non-hydrogen) atoms. The van der Waals surface area contributed by atoms with Gasteiger partial charge in [0.15, 0.2) is 0 Å². The summed E-state index contributed by atoms with van der Waals surface area (Å²) in [5.74, 6) is -0.0702. The average Bonchev–Trinajstić information content (AvgIpc) is 2.71. The number of carbonyl (C=O) groups is 1. The maximum Gasteiger partial charge on any atom is 0.237 e. The lowest BCUT2D eigenvalue weighted by atomic mass is 10.0. The van der Waals surface area contributed by atoms with Crippen LogP contribution in [0.25, 0.3) is 0 Å². The van der Waals surface area contributed by atoms with Gasteiger partial charge in [-0.25, -0.2) is 8.42 Å². The van der Waals surface area contributed by atoms with E-state index in [1.165, 1.54) is 0 Å². The highest BCUT2D eigenvalue weighted by molar-refractivity contribution is 8.14. The second kappa shape index (κ2) is 5.35. The van der Waals surface area contributed by atoms with E-state index in [1.54, 1.807) is 4.90 Å². The third-order valence-corrected chi connectivity index (χ3v) is 5.83. The van der Waals surface area contributed by atoms with Crippen LogP contribution in [0.4, 0.5) is 0 Å². The van der Waals surface area contributed by atoms with E-state index in [4.69, 9.17) is 10.7 Å². The fourth-order valence-electron chi connectivity index (χ4n) is 2.79. The van der Waals surface area contributed by atoms with Crippen molar-refractivity contribution in [3.63, 3.8) is 0 Å². The molecule has 0 bridgehead atoms. The first kappa shape index (κ1) is 14.1. The number of rotatable bonds is 3. The zero-order valence-corrected chi connectivity index (χ0v) is 12.1. The molecule has 2 rings (SSSR count). The first-order valence-electron chi connectivity index (χ1n) is 6.37. The molecule has 0 aromatic rings. The van der Waals surface area contributed by atoms with Crippen LogP contribution in [0.3, 0.4) is 0 Å². The van der Waals surface area contributed by atoms with Crippen molar-refractivity contribution in [3.05, 3.63) is 0 Å². The third-order valence-electron chi connectivity index (χ3n) is 3.97. The lowest BCUT2D eigenvalue weighted by molar-refractivity contribution is -0.130. The highest BCUT2D eigenvalue weighted by atomic mass is 35.7. The van der Waals surface area contributed by atoms with Crippen molar-refractivity contribution < 1.29 is 13.2 Å². The molecule has 0 radical (unpaired) electrons. The van der Waals surface area contributed by atoms with E-state index in [0.29, 0.717) is 0 Å². The summed E-state index contributed by atoms with van der Waals surface area (Å²) in [4.78, 5) is 15.9. The number of nitrogens with zero attached hydrogens (tertiary/aromatic N) is 2. The number of halogens is 1. The molecule has 0 aromatic carbocycles. The van der Waals surface area contributed by atoms with Crippen LogP contribution < -0.4 is 0 Å². The number of amides is 1. The molecule has 0 aromatic heterocycles. The Kier molecular flexibility index (Phi) is 4.18. The Morgan fingerprint density at radius 2 is 1.94 bits per heavy atom. The number of hydrogen-bond donors (Lipinski definition) is 0. The van der Waals surface area contributed by atoms with E-state index in [1.807, 2.05) is 0 Å². The molecule has 2 saturated heterocycles. The molecule has 1 atom stereocenters. The van der Waals surface area contributed by atoms with Crippen molar-refractivity contribution in [1.82, 2.24) is 9.80 Å². The summed E-state index contributed by atoms with van der Waals surface area (Å²) >= 11 is 0. The molecular weight excluding hydrogens is 276 g/mol. The Morgan fingerprint density at radius 3 is 2.39 bits per heavy atom. The number of hydrogen-bond acceptors (Lipinski definition) is 4. The SMILES string of the molecule is CCN1CCC(N2CC(S(=O)(=O)Cl)CC2=O)CC1. The van der Waals surface area contributed by atoms with Crippen LogP contribution in [0.15, 0.2) is 0 Å². The van der Waals surface area contributed by atoms with Crippen LogP contribution in [0, 0.1) is 0 Å². The van der Waals surface area contributed by atoms with Crippen LogP contribution in [0.1, 0.15) is 26.2 Å². The van der Waals surface area contributed by atoms with Crippen LogP contribution in [0.5, 0.6) is 0 Å². The van der Waals surface area contributed by atoms with Gasteiger partial charge >= 0.3 is 0 Å². The topological polar surface area (TPSA) is 57.7 Å². The van der Waals surface area contributed by atoms with Crippen molar-refractivity contribution in [1.29, 1.82) is 0 Å². The molecule has 2 aliphatic rings. The summed E-state index contributed by atoms with van der Waals surface area (Å²) < 4.78 is 22.6. The first-order valence-corrected chi connectivity index (χ1v) is 8.74. The Balaban J connectivity index is 1.97. The summed E-state index contributed by atoms with van der Waals surface area (Å²) in [5, 5.41) is -0.726. The number of carbonyl (C=O) groups excluding carboxylic acids is 1. The van der Waals surface area contributed by atoms with E-state index < -0.39 is 14.3 Å². The largest absolute Gasteiger partial charge is 0.338 e. The fraction of sp³-hybridized carbons (Fsp3) is 0.909. The van der Waals surface area contributed by atoms with Gasteiger partial charge in [-0.1, -0.05) is 6.92 Å². The molecule has 0 saturated carbocycles. The van der Waals surface area contributed by atoms with Crippen LogP contribution in [0.2, 0.25) is 0 Å². The normalized spacial score (nSPS) is 28.0. The summed E-state index contributed by atoms with van der Waals surface area (Å²) in [6, 6.07) is 0.184. The summed E-state index contributed by atoms with van der Waals surface area (Å²) in [6.07, 6.45) is 1.89. The molecule has 2 aliphatic heterocycles. The molecule has 0 N–H and O–H groups in total. The lowest BCUT2D eigenvalue weighted by Gasteiger charge is -2.36. The molecular formula is C11H19ClN2O3S. The predicted octanol–water partition coefficient (Wildman–Crippen LogP) is 0.640. The number of likely N-dealkylation sites (tertiary alicyclic amines) is 2. The molecule has 0 aliphatic carbocycles. The van der Waals surface area contributed by atoms with Gasteiger partial charge in [0, 0.05) is 42.8 Å². The maximum atomic E-state index is 11.9. The molecule has 1 unspecified atom stereocenters. The third kappa shape index (κ3) is 2.97. The van der Waals surface area contributed by atoms with Crippen molar-refractivity contribution in [2.75, 3.05) is 26.2 Å². The quantitative estimate of drug-likeness (QED) is 0.717. The predicted molar refractivity (Wildman–Crippen MR) is 70.0 cm³/mol. The van der Waals surface area contributed by atoms with Gasteiger partial charge in [0.1, 0.15) is 5.25 Å². The lowest BCUT2D eigenvalue weighted by Crippen LogP contribution is -2.45. The van der Waals surface area contributed by atoms with Gasteiger partial charge in [-0.3, -0.25) is 4.79 Å². The minimum atomic E-state index is -3.62. The van der Waals surface area contributed by atoms with Crippen molar-refractivity contribution >= 4 is 25.6 Å². The Hall–Kier alpha value is -0.330. The standard InChI is InChI=1S/C11H19ClN2O3S/c1-2-13-5-3-9(4-6-13)14-8-10(7-11(14)15)18(12,16)17/h9-10H,2-8H2,1H3. The van der Waals surface area contributed by atoms with Crippen molar-refractivity contribution in [2.45, 2.75) is 37.5 Å². The van der Waals surface area contributed by atoms with Gasteiger partial charge in [0.25, 0.3) is 0 Å². The van der Waals surface area contributed by atoms with Gasteiger partial charge in [0.2, 0.25) is 15.0 Å². The van der Waals surface area contributed by atoms with E-state index in [2.05, 4.69) is 11.8 Å². The molecule has 0 spiro atoms. The maximum absolute atomic E-state index is 11.9. The molecule has 5 nitrogen and oxygen atoms in total. The second-order valence-electron chi connectivity index (χ2n) is 5.01. The van der Waals surface area contributed by atoms with E-state index in [0.717, 1.165) is 32.5 Å². The summed E-state index contributed by atoms with van der Waals surface area (Å²) in [7, 11) is 1.72. The number of piperidine rings is 1. The van der Waals surface area contributed by atoms with Gasteiger partial charge in [-0.15, -0.1) is 0 Å². The highest BCUT2D eigenvalue weighted by Crippen LogP contribution is 2.26. The van der Waals surface area contributed by atoms with Gasteiger partial charge < -0.3 is 9.80 Å². The van der Waals surface area contributed by atoms with Crippen LogP contribution in [-0.4, -0.2) is 61.6 Å². The monoisotopic (exact) mass is 294 g/mol. The van der Waals surface area contributed by atoms with E-state index in [-0.39, 0.29) is 24.9 Å². The van der Waals surface area contributed by atoms with Crippen molar-refractivity contribution in [2.24, 2.45) is 0 Å². The van der Waals surface area contributed by atoms with Crippen LogP contribution in [-0.2, 0) is 13.8 Å². The van der Waals surface area contributed by atoms with Gasteiger partial charge in [-0.2, -0.15) is 0 Å². The Labute approximate surface area is 112 Å². The van der Waals surface area contributed by atoms with Crippen LogP contribution >= 0.6 is 10.7 Å². The zero-order valence-electron chi connectivity index (χ0n) is 10.5. The highest BCUT2D eigenvalue weighted by Gasteiger charge is 2.40. The summed E-state index contributed by atoms with van der Waals surface area (Å²) in [5.41, 5.74) is 0. The van der Waals surface area contributed by atoms with E-state index in [9.17, 15) is 13.2 Å². The Morgan fingerprint density at radius 1 is 1.33 bits per heavy atom. The smallest absolute Gasteiger partial charge is 0.237 e. The minimum Gasteiger partial charge on any atom is -0.338 e. The molecule has 7 heteroatoms. The second-order valence-corrected chi connectivity index (χ2v) is 7.92. The van der Waals surface area contributed by atoms with Gasteiger partial charge in [-0.05, 0) is 19.4 Å². The molecule has 104 valence electrons. The fourth-order valence-corrected chi connectivity index (χ4v) is 3.82. The van der Waals surface area contributed by atoms with Crippen molar-refractivity contribution in [3.8, 4) is 0 Å². The van der Waals surface area contributed by atoms with Gasteiger partial charge in [0.05, 0.1) is 0 Å².